The summed E-state index contributed by atoms with van der Waals surface area (Å²) >= 11 is 2.95. The van der Waals surface area contributed by atoms with E-state index in [2.05, 4.69) is 10.3 Å². The summed E-state index contributed by atoms with van der Waals surface area (Å²) in [6, 6.07) is 11.3. The van der Waals surface area contributed by atoms with E-state index in [1.54, 1.807) is 22.0 Å². The molecule has 27 heavy (non-hydrogen) atoms. The van der Waals surface area contributed by atoms with Gasteiger partial charge in [0.15, 0.2) is 5.16 Å². The van der Waals surface area contributed by atoms with Gasteiger partial charge in [-0.1, -0.05) is 36.9 Å². The summed E-state index contributed by atoms with van der Waals surface area (Å²) in [6.07, 6.45) is 0.812. The Morgan fingerprint density at radius 2 is 2.04 bits per heavy atom. The Kier molecular flexibility index (Phi) is 6.34. The molecule has 0 saturated carbocycles. The fraction of sp³-hybridized carbons (Fsp3) is 0.350. The van der Waals surface area contributed by atoms with Crippen molar-refractivity contribution in [2.45, 2.75) is 50.2 Å². The van der Waals surface area contributed by atoms with Crippen LogP contribution in [0.3, 0.4) is 0 Å². The van der Waals surface area contributed by atoms with Gasteiger partial charge in [-0.3, -0.25) is 14.2 Å². The molecule has 1 aromatic carbocycles. The first kappa shape index (κ1) is 19.6. The second-order valence-corrected chi connectivity index (χ2v) is 8.74. The monoisotopic (exact) mass is 401 g/mol. The number of carbonyl (C=O) groups is 1. The van der Waals surface area contributed by atoms with Crippen molar-refractivity contribution >= 4 is 39.9 Å². The fourth-order valence-corrected chi connectivity index (χ4v) is 4.40. The zero-order valence-corrected chi connectivity index (χ0v) is 17.3. The summed E-state index contributed by atoms with van der Waals surface area (Å²) in [6.45, 7) is 6.41. The van der Waals surface area contributed by atoms with Crippen LogP contribution in [0.5, 0.6) is 0 Å². The number of carbonyl (C=O) groups excluding carboxylic acids is 1. The van der Waals surface area contributed by atoms with Crippen molar-refractivity contribution in [3.8, 4) is 0 Å². The maximum absolute atomic E-state index is 13.0. The van der Waals surface area contributed by atoms with Gasteiger partial charge in [-0.15, -0.1) is 11.3 Å². The van der Waals surface area contributed by atoms with E-state index in [4.69, 9.17) is 0 Å². The number of aromatic nitrogens is 2. The van der Waals surface area contributed by atoms with Crippen LogP contribution in [0.15, 0.2) is 51.7 Å². The summed E-state index contributed by atoms with van der Waals surface area (Å²) in [7, 11) is 0. The van der Waals surface area contributed by atoms with E-state index in [1.165, 1.54) is 11.8 Å². The average Bonchev–Trinajstić information content (AvgIpc) is 3.19. The third-order valence-electron chi connectivity index (χ3n) is 4.48. The number of rotatable bonds is 7. The molecule has 7 heteroatoms. The number of thioether (sulfide) groups is 1. The van der Waals surface area contributed by atoms with E-state index < -0.39 is 0 Å². The Labute approximate surface area is 166 Å². The molecule has 0 aliphatic heterocycles. The molecule has 0 saturated heterocycles. The highest BCUT2D eigenvalue weighted by molar-refractivity contribution is 8.00. The Hall–Kier alpha value is -2.12. The number of hydrogen-bond donors (Lipinski definition) is 1. The SMILES string of the molecule is CC[C@@H](C)n1c(S[C@H](C)C(=O)NCc2cccs2)nc2ccccc2c1=O. The first-order valence-corrected chi connectivity index (χ1v) is 10.7. The molecule has 2 atom stereocenters. The minimum absolute atomic E-state index is 0.0125. The van der Waals surface area contributed by atoms with Gasteiger partial charge < -0.3 is 5.32 Å². The van der Waals surface area contributed by atoms with Gasteiger partial charge in [0.1, 0.15) is 0 Å². The molecular weight excluding hydrogens is 378 g/mol. The van der Waals surface area contributed by atoms with Crippen molar-refractivity contribution < 1.29 is 4.79 Å². The highest BCUT2D eigenvalue weighted by atomic mass is 32.2. The van der Waals surface area contributed by atoms with Crippen LogP contribution in [0.25, 0.3) is 10.9 Å². The van der Waals surface area contributed by atoms with Crippen molar-refractivity contribution in [3.05, 3.63) is 57.0 Å². The van der Waals surface area contributed by atoms with Gasteiger partial charge in [0, 0.05) is 10.9 Å². The Bertz CT molecular complexity index is 983. The second-order valence-electron chi connectivity index (χ2n) is 6.40. The first-order valence-electron chi connectivity index (χ1n) is 8.99. The zero-order valence-electron chi connectivity index (χ0n) is 15.6. The molecule has 142 valence electrons. The van der Waals surface area contributed by atoms with Crippen molar-refractivity contribution in [2.75, 3.05) is 0 Å². The number of para-hydroxylation sites is 1. The van der Waals surface area contributed by atoms with Gasteiger partial charge in [0.05, 0.1) is 22.7 Å². The number of thiophene rings is 1. The lowest BCUT2D eigenvalue weighted by Gasteiger charge is -2.20. The number of amides is 1. The number of hydrogen-bond acceptors (Lipinski definition) is 5. The molecule has 1 amide bonds. The highest BCUT2D eigenvalue weighted by Crippen LogP contribution is 2.26. The van der Waals surface area contributed by atoms with E-state index in [-0.39, 0.29) is 22.8 Å². The van der Waals surface area contributed by atoms with E-state index in [9.17, 15) is 9.59 Å². The molecule has 0 fully saturated rings. The molecule has 2 heterocycles. The van der Waals surface area contributed by atoms with Crippen LogP contribution in [-0.2, 0) is 11.3 Å². The molecular formula is C20H23N3O2S2. The predicted octanol–water partition coefficient (Wildman–Crippen LogP) is 4.23. The summed E-state index contributed by atoms with van der Waals surface area (Å²) in [5.74, 6) is -0.0634. The van der Waals surface area contributed by atoms with Gasteiger partial charge in [0.2, 0.25) is 5.91 Å². The van der Waals surface area contributed by atoms with E-state index in [0.29, 0.717) is 22.6 Å². The lowest BCUT2D eigenvalue weighted by atomic mass is 10.2. The minimum Gasteiger partial charge on any atom is -0.350 e. The van der Waals surface area contributed by atoms with Crippen LogP contribution in [0.4, 0.5) is 0 Å². The molecule has 5 nitrogen and oxygen atoms in total. The van der Waals surface area contributed by atoms with Gasteiger partial charge in [-0.25, -0.2) is 4.98 Å². The predicted molar refractivity (Wildman–Crippen MR) is 112 cm³/mol. The molecule has 3 aromatic rings. The molecule has 1 N–H and O–H groups in total. The molecule has 2 aromatic heterocycles. The smallest absolute Gasteiger partial charge is 0.262 e. The normalized spacial score (nSPS) is 13.4. The topological polar surface area (TPSA) is 64.0 Å². The third kappa shape index (κ3) is 4.42. The van der Waals surface area contributed by atoms with Crippen LogP contribution >= 0.6 is 23.1 Å². The summed E-state index contributed by atoms with van der Waals surface area (Å²) < 4.78 is 1.72. The maximum Gasteiger partial charge on any atom is 0.262 e. The van der Waals surface area contributed by atoms with E-state index in [0.717, 1.165) is 11.3 Å². The zero-order chi connectivity index (χ0) is 19.4. The minimum atomic E-state index is -0.353. The van der Waals surface area contributed by atoms with Crippen LogP contribution in [0.1, 0.15) is 38.1 Å². The fourth-order valence-electron chi connectivity index (χ4n) is 2.72. The maximum atomic E-state index is 13.0. The summed E-state index contributed by atoms with van der Waals surface area (Å²) in [4.78, 5) is 31.3. The number of benzene rings is 1. The van der Waals surface area contributed by atoms with Crippen LogP contribution in [-0.4, -0.2) is 20.7 Å². The second kappa shape index (κ2) is 8.71. The van der Waals surface area contributed by atoms with E-state index in [1.807, 2.05) is 56.5 Å². The Morgan fingerprint density at radius 1 is 1.26 bits per heavy atom. The third-order valence-corrected chi connectivity index (χ3v) is 6.42. The van der Waals surface area contributed by atoms with Gasteiger partial charge in [-0.2, -0.15) is 0 Å². The largest absolute Gasteiger partial charge is 0.350 e. The number of nitrogens with zero attached hydrogens (tertiary/aromatic N) is 2. The van der Waals surface area contributed by atoms with Crippen LogP contribution in [0.2, 0.25) is 0 Å². The quantitative estimate of drug-likeness (QED) is 0.475. The molecule has 0 aliphatic carbocycles. The first-order chi connectivity index (χ1) is 13.0. The molecule has 0 spiro atoms. The molecule has 0 aliphatic rings. The van der Waals surface area contributed by atoms with Gasteiger partial charge in [0.25, 0.3) is 5.56 Å². The Balaban J connectivity index is 1.86. The van der Waals surface area contributed by atoms with Crippen LogP contribution < -0.4 is 10.9 Å². The summed E-state index contributed by atoms with van der Waals surface area (Å²) in [5, 5.41) is 5.79. The lowest BCUT2D eigenvalue weighted by Crippen LogP contribution is -2.32. The average molecular weight is 402 g/mol. The molecule has 3 rings (SSSR count). The summed E-state index contributed by atoms with van der Waals surface area (Å²) in [5.41, 5.74) is 0.611. The molecule has 0 unspecified atom stereocenters. The van der Waals surface area contributed by atoms with E-state index >= 15 is 0 Å². The van der Waals surface area contributed by atoms with Crippen molar-refractivity contribution in [2.24, 2.45) is 0 Å². The Morgan fingerprint density at radius 3 is 2.74 bits per heavy atom. The molecule has 0 radical (unpaired) electrons. The highest BCUT2D eigenvalue weighted by Gasteiger charge is 2.21. The van der Waals surface area contributed by atoms with Crippen molar-refractivity contribution in [1.82, 2.24) is 14.9 Å². The van der Waals surface area contributed by atoms with Crippen molar-refractivity contribution in [1.29, 1.82) is 0 Å². The van der Waals surface area contributed by atoms with Gasteiger partial charge in [-0.05, 0) is 43.8 Å². The number of nitrogens with one attached hydrogen (secondary N) is 1. The van der Waals surface area contributed by atoms with Gasteiger partial charge >= 0.3 is 0 Å². The standard InChI is InChI=1S/C20H23N3O2S2/c1-4-13(2)23-19(25)16-9-5-6-10-17(16)22-20(23)27-14(3)18(24)21-12-15-8-7-11-26-15/h5-11,13-14H,4,12H2,1-3H3,(H,21,24)/t13-,14-/m1/s1. The van der Waals surface area contributed by atoms with Crippen LogP contribution in [0, 0.1) is 0 Å². The van der Waals surface area contributed by atoms with Crippen molar-refractivity contribution in [3.63, 3.8) is 0 Å². The number of fused-ring (bicyclic) bond motifs is 1. The lowest BCUT2D eigenvalue weighted by molar-refractivity contribution is -0.120. The molecule has 0 bridgehead atoms.